The van der Waals surface area contributed by atoms with E-state index in [1.165, 1.54) is 18.4 Å². The van der Waals surface area contributed by atoms with Crippen LogP contribution < -0.4 is 4.74 Å². The zero-order valence-corrected chi connectivity index (χ0v) is 8.82. The number of carbonyl (C=O) groups excluding carboxylic acids is 1. The highest BCUT2D eigenvalue weighted by molar-refractivity contribution is 7.11. The van der Waals surface area contributed by atoms with Gasteiger partial charge in [-0.25, -0.2) is 4.79 Å². The molecule has 0 amide bonds. The molecule has 0 bridgehead atoms. The highest BCUT2D eigenvalue weighted by Gasteiger charge is 2.24. The third kappa shape index (κ3) is 3.59. The predicted octanol–water partition coefficient (Wildman–Crippen LogP) is 1.14. The first-order chi connectivity index (χ1) is 7.13. The summed E-state index contributed by atoms with van der Waals surface area (Å²) in [7, 11) is 1.19. The lowest BCUT2D eigenvalue weighted by molar-refractivity contribution is -0.154. The standard InChI is InChI=1S/C9H10O5S/c1-13-9(12)6(5-7(10)11)14-8-3-2-4-15-8/h2-4,6H,5H2,1H3,(H,10,11). The van der Waals surface area contributed by atoms with E-state index in [9.17, 15) is 9.59 Å². The van der Waals surface area contributed by atoms with Crippen LogP contribution in [0.1, 0.15) is 6.42 Å². The fourth-order valence-corrected chi connectivity index (χ4v) is 1.55. The number of thiophene rings is 1. The molecule has 0 aliphatic heterocycles. The van der Waals surface area contributed by atoms with Crippen molar-refractivity contribution in [2.24, 2.45) is 0 Å². The molecule has 0 saturated heterocycles. The summed E-state index contributed by atoms with van der Waals surface area (Å²) in [6.45, 7) is 0. The van der Waals surface area contributed by atoms with Gasteiger partial charge in [-0.15, -0.1) is 11.3 Å². The molecule has 1 atom stereocenters. The van der Waals surface area contributed by atoms with E-state index in [-0.39, 0.29) is 0 Å². The van der Waals surface area contributed by atoms with Gasteiger partial charge in [0.15, 0.2) is 5.06 Å². The molecule has 0 aliphatic rings. The van der Waals surface area contributed by atoms with Crippen LogP contribution >= 0.6 is 11.3 Å². The Labute approximate surface area is 90.2 Å². The van der Waals surface area contributed by atoms with Gasteiger partial charge in [0.05, 0.1) is 13.5 Å². The quantitative estimate of drug-likeness (QED) is 0.768. The summed E-state index contributed by atoms with van der Waals surface area (Å²) in [4.78, 5) is 21.6. The van der Waals surface area contributed by atoms with Crippen LogP contribution in [0.5, 0.6) is 5.06 Å². The number of rotatable bonds is 5. The van der Waals surface area contributed by atoms with E-state index >= 15 is 0 Å². The Balaban J connectivity index is 2.64. The van der Waals surface area contributed by atoms with E-state index in [4.69, 9.17) is 9.84 Å². The van der Waals surface area contributed by atoms with Crippen molar-refractivity contribution in [3.8, 4) is 5.06 Å². The van der Waals surface area contributed by atoms with Crippen LogP contribution in [0.3, 0.4) is 0 Å². The summed E-state index contributed by atoms with van der Waals surface area (Å²) < 4.78 is 9.62. The molecule has 1 aromatic heterocycles. The van der Waals surface area contributed by atoms with Crippen molar-refractivity contribution in [2.75, 3.05) is 7.11 Å². The Morgan fingerprint density at radius 1 is 1.60 bits per heavy atom. The second-order valence-corrected chi connectivity index (χ2v) is 3.57. The van der Waals surface area contributed by atoms with E-state index < -0.39 is 24.5 Å². The molecule has 82 valence electrons. The van der Waals surface area contributed by atoms with Gasteiger partial charge >= 0.3 is 11.9 Å². The minimum Gasteiger partial charge on any atom is -0.481 e. The van der Waals surface area contributed by atoms with Gasteiger partial charge in [-0.2, -0.15) is 0 Å². The van der Waals surface area contributed by atoms with Gasteiger partial charge in [-0.3, -0.25) is 4.79 Å². The molecule has 1 heterocycles. The molecule has 0 aliphatic carbocycles. The zero-order valence-electron chi connectivity index (χ0n) is 8.00. The molecule has 6 heteroatoms. The molecule has 0 aromatic carbocycles. The molecule has 0 radical (unpaired) electrons. The maximum absolute atomic E-state index is 11.2. The Morgan fingerprint density at radius 3 is 2.80 bits per heavy atom. The lowest BCUT2D eigenvalue weighted by Gasteiger charge is -2.13. The fourth-order valence-electron chi connectivity index (χ4n) is 0.934. The zero-order chi connectivity index (χ0) is 11.3. The van der Waals surface area contributed by atoms with Crippen molar-refractivity contribution in [2.45, 2.75) is 12.5 Å². The minimum atomic E-state index is -1.11. The third-order valence-corrected chi connectivity index (χ3v) is 2.34. The molecule has 1 unspecified atom stereocenters. The van der Waals surface area contributed by atoms with Gasteiger partial charge < -0.3 is 14.6 Å². The topological polar surface area (TPSA) is 72.8 Å². The van der Waals surface area contributed by atoms with Crippen molar-refractivity contribution in [3.05, 3.63) is 17.5 Å². The highest BCUT2D eigenvalue weighted by atomic mass is 32.1. The minimum absolute atomic E-state index is 0.412. The first-order valence-electron chi connectivity index (χ1n) is 4.13. The average molecular weight is 230 g/mol. The number of carbonyl (C=O) groups is 2. The van der Waals surface area contributed by atoms with Crippen LogP contribution in [-0.2, 0) is 14.3 Å². The summed E-state index contributed by atoms with van der Waals surface area (Å²) in [6, 6.07) is 3.40. The first kappa shape index (κ1) is 11.5. The van der Waals surface area contributed by atoms with E-state index in [0.29, 0.717) is 5.06 Å². The molecule has 1 rings (SSSR count). The summed E-state index contributed by atoms with van der Waals surface area (Å²) in [5.41, 5.74) is 0. The summed E-state index contributed by atoms with van der Waals surface area (Å²) in [6.07, 6.45) is -1.50. The summed E-state index contributed by atoms with van der Waals surface area (Å²) >= 11 is 1.28. The van der Waals surface area contributed by atoms with Crippen LogP contribution in [0.25, 0.3) is 0 Å². The van der Waals surface area contributed by atoms with E-state index in [0.717, 1.165) is 0 Å². The monoisotopic (exact) mass is 230 g/mol. The lowest BCUT2D eigenvalue weighted by Crippen LogP contribution is -2.30. The van der Waals surface area contributed by atoms with Crippen LogP contribution in [0.15, 0.2) is 17.5 Å². The van der Waals surface area contributed by atoms with Crippen LogP contribution in [0.4, 0.5) is 0 Å². The molecule has 0 fully saturated rings. The fraction of sp³-hybridized carbons (Fsp3) is 0.333. The predicted molar refractivity (Wildman–Crippen MR) is 53.0 cm³/mol. The Bertz CT molecular complexity index is 332. The largest absolute Gasteiger partial charge is 0.481 e. The Kier molecular flexibility index (Phi) is 4.11. The van der Waals surface area contributed by atoms with Gasteiger partial charge in [-0.1, -0.05) is 0 Å². The third-order valence-electron chi connectivity index (χ3n) is 1.58. The smallest absolute Gasteiger partial charge is 0.347 e. The normalized spacial score (nSPS) is 11.8. The molecule has 0 spiro atoms. The van der Waals surface area contributed by atoms with Crippen LogP contribution in [-0.4, -0.2) is 30.3 Å². The summed E-state index contributed by atoms with van der Waals surface area (Å²) in [5, 5.41) is 10.8. The van der Waals surface area contributed by atoms with Gasteiger partial charge in [0.2, 0.25) is 6.10 Å². The summed E-state index contributed by atoms with van der Waals surface area (Å²) in [5.74, 6) is -1.80. The number of ether oxygens (including phenoxy) is 2. The number of hydrogen-bond acceptors (Lipinski definition) is 5. The Hall–Kier alpha value is -1.56. The van der Waals surface area contributed by atoms with Crippen LogP contribution in [0.2, 0.25) is 0 Å². The average Bonchev–Trinajstić information content (AvgIpc) is 2.67. The van der Waals surface area contributed by atoms with Gasteiger partial charge in [0, 0.05) is 0 Å². The molecular weight excluding hydrogens is 220 g/mol. The number of carboxylic acids is 1. The molecular formula is C9H10O5S. The van der Waals surface area contributed by atoms with Crippen molar-refractivity contribution in [1.82, 2.24) is 0 Å². The molecule has 15 heavy (non-hydrogen) atoms. The van der Waals surface area contributed by atoms with Crippen molar-refractivity contribution in [3.63, 3.8) is 0 Å². The molecule has 1 aromatic rings. The van der Waals surface area contributed by atoms with Gasteiger partial charge in [0.1, 0.15) is 0 Å². The van der Waals surface area contributed by atoms with E-state index in [1.54, 1.807) is 17.5 Å². The van der Waals surface area contributed by atoms with Crippen molar-refractivity contribution >= 4 is 23.3 Å². The number of carboxylic acid groups (broad SMARTS) is 1. The lowest BCUT2D eigenvalue weighted by atomic mass is 10.2. The molecule has 0 saturated carbocycles. The SMILES string of the molecule is COC(=O)C(CC(=O)O)Oc1cccs1. The number of esters is 1. The van der Waals surface area contributed by atoms with Crippen molar-refractivity contribution < 1.29 is 24.2 Å². The molecule has 1 N–H and O–H groups in total. The number of aliphatic carboxylic acids is 1. The maximum Gasteiger partial charge on any atom is 0.347 e. The Morgan fingerprint density at radius 2 is 2.33 bits per heavy atom. The number of methoxy groups -OCH3 is 1. The van der Waals surface area contributed by atoms with Crippen molar-refractivity contribution in [1.29, 1.82) is 0 Å². The number of hydrogen-bond donors (Lipinski definition) is 1. The van der Waals surface area contributed by atoms with Gasteiger partial charge in [0.25, 0.3) is 0 Å². The highest BCUT2D eigenvalue weighted by Crippen LogP contribution is 2.20. The van der Waals surface area contributed by atoms with Gasteiger partial charge in [-0.05, 0) is 17.5 Å². The van der Waals surface area contributed by atoms with Crippen LogP contribution in [0, 0.1) is 0 Å². The van der Waals surface area contributed by atoms with E-state index in [2.05, 4.69) is 4.74 Å². The first-order valence-corrected chi connectivity index (χ1v) is 5.01. The molecule has 5 nitrogen and oxygen atoms in total. The second kappa shape index (κ2) is 5.35. The maximum atomic E-state index is 11.2. The van der Waals surface area contributed by atoms with E-state index in [1.807, 2.05) is 0 Å². The second-order valence-electron chi connectivity index (χ2n) is 2.66.